The fourth-order valence-corrected chi connectivity index (χ4v) is 9.55. The molecule has 0 fully saturated rings. The van der Waals surface area contributed by atoms with E-state index in [-0.39, 0.29) is 0 Å². The van der Waals surface area contributed by atoms with Crippen molar-refractivity contribution in [2.45, 2.75) is 0 Å². The summed E-state index contributed by atoms with van der Waals surface area (Å²) in [6.45, 7) is 0. The molecule has 3 aromatic heterocycles. The van der Waals surface area contributed by atoms with Crippen LogP contribution in [0.5, 0.6) is 0 Å². The number of fused-ring (bicyclic) bond motifs is 3. The van der Waals surface area contributed by atoms with Gasteiger partial charge in [0.2, 0.25) is 0 Å². The molecule has 0 amide bonds. The molecule has 0 N–H and O–H groups in total. The molecule has 0 spiro atoms. The predicted molar refractivity (Wildman–Crippen MR) is 291 cm³/mol. The predicted octanol–water partition coefficient (Wildman–Crippen LogP) is 5.32. The highest BCUT2D eigenvalue weighted by atomic mass is 15.1. The van der Waals surface area contributed by atoms with Crippen molar-refractivity contribution in [1.29, 1.82) is 0 Å². The van der Waals surface area contributed by atoms with E-state index in [1.54, 1.807) is 0 Å². The van der Waals surface area contributed by atoms with Crippen LogP contribution in [0.25, 0.3) is 106 Å². The van der Waals surface area contributed by atoms with Crippen LogP contribution < -0.4 is 27.3 Å². The van der Waals surface area contributed by atoms with Crippen molar-refractivity contribution in [3.63, 3.8) is 0 Å². The Bertz CT molecular complexity index is 3550. The van der Waals surface area contributed by atoms with Gasteiger partial charge in [-0.05, 0) is 64.7 Å². The van der Waals surface area contributed by atoms with Gasteiger partial charge in [0.25, 0.3) is 0 Å². The molecule has 66 heavy (non-hydrogen) atoms. The number of aromatic nitrogens is 5. The summed E-state index contributed by atoms with van der Waals surface area (Å²) in [6, 6.07) is 68.1. The third-order valence-corrected chi connectivity index (χ3v) is 13.4. The van der Waals surface area contributed by atoms with E-state index in [0.29, 0.717) is 17.5 Å². The smallest absolute Gasteiger partial charge is 0.166 e. The summed E-state index contributed by atoms with van der Waals surface area (Å²) in [5.74, 6) is 1.78. The number of hydrogen-bond donors (Lipinski definition) is 0. The molecule has 0 aliphatic carbocycles. The fraction of sp³-hybridized carbons (Fsp3) is 0. The van der Waals surface area contributed by atoms with Gasteiger partial charge in [0.05, 0.1) is 28.1 Å². The van der Waals surface area contributed by atoms with Crippen LogP contribution in [-0.2, 0) is 0 Å². The van der Waals surface area contributed by atoms with Crippen LogP contribution in [0.15, 0.2) is 194 Å². The second-order valence-electron chi connectivity index (χ2n) is 17.2. The highest BCUT2D eigenvalue weighted by Crippen LogP contribution is 2.40. The highest BCUT2D eigenvalue weighted by molar-refractivity contribution is 6.68. The number of rotatable bonds is 8. The molecule has 0 unspecified atom stereocenters. The van der Waals surface area contributed by atoms with Crippen LogP contribution in [0.2, 0.25) is 0 Å². The lowest BCUT2D eigenvalue weighted by Gasteiger charge is -2.21. The van der Waals surface area contributed by atoms with Gasteiger partial charge in [-0.1, -0.05) is 163 Å². The Balaban J connectivity index is 1.21. The Morgan fingerprint density at radius 2 is 0.773 bits per heavy atom. The van der Waals surface area contributed by atoms with Gasteiger partial charge in [0.15, 0.2) is 17.5 Å². The van der Waals surface area contributed by atoms with Gasteiger partial charge in [-0.25, -0.2) is 19.9 Å². The summed E-state index contributed by atoms with van der Waals surface area (Å²) >= 11 is 0. The Morgan fingerprint density at radius 1 is 0.303 bits per heavy atom. The molecule has 0 saturated carbocycles. The zero-order valence-corrected chi connectivity index (χ0v) is 37.7. The van der Waals surface area contributed by atoms with Gasteiger partial charge in [-0.3, -0.25) is 0 Å². The molecule has 0 aliphatic rings. The zero-order valence-electron chi connectivity index (χ0n) is 37.7. The topological polar surface area (TPSA) is 56.5 Å². The van der Waals surface area contributed by atoms with Crippen molar-refractivity contribution in [2.75, 3.05) is 0 Å². The molecule has 0 aliphatic heterocycles. The summed E-state index contributed by atoms with van der Waals surface area (Å²) in [6.07, 6.45) is 0. The second-order valence-corrected chi connectivity index (χ2v) is 17.2. The molecule has 0 radical (unpaired) electrons. The van der Waals surface area contributed by atoms with E-state index in [0.717, 1.165) is 61.5 Å². The van der Waals surface area contributed by atoms with Crippen LogP contribution in [-0.4, -0.2) is 63.7 Å². The minimum absolute atomic E-state index is 0.572. The Morgan fingerprint density at radius 3 is 1.38 bits per heavy atom. The van der Waals surface area contributed by atoms with Gasteiger partial charge >= 0.3 is 0 Å². The van der Waals surface area contributed by atoms with Crippen LogP contribution >= 0.6 is 0 Å². The lowest BCUT2D eigenvalue weighted by molar-refractivity contribution is 1.06. The molecule has 10 heteroatoms. The molecule has 8 aromatic carbocycles. The number of pyridine rings is 1. The van der Waals surface area contributed by atoms with Crippen molar-refractivity contribution in [3.8, 4) is 84.6 Å². The normalized spacial score (nSPS) is 11.3. The first-order chi connectivity index (χ1) is 32.3. The van der Waals surface area contributed by atoms with Crippen molar-refractivity contribution in [2.24, 2.45) is 0 Å². The van der Waals surface area contributed by atoms with E-state index in [2.05, 4.69) is 202 Å². The van der Waals surface area contributed by atoms with E-state index in [9.17, 15) is 0 Å². The molecule has 3 heterocycles. The quantitative estimate of drug-likeness (QED) is 0.195. The van der Waals surface area contributed by atoms with Gasteiger partial charge < -0.3 is 4.57 Å². The standard InChI is InChI=1S/C56H42B5N5/c57-49-48(50(58)52(60)53(61)51(49)59)39-31-43(34-17-7-2-8-18-34)62-44(32-39)38-26-28-47(66-45-24-14-13-23-40(45)41-29-37(25-27-46(41)66)33-15-5-1-6-16-33)42(30-38)56-64-54(35-19-9-3-10-20-35)63-55(65-56)36-21-11-4-12-22-36/h1-32H,57-61H2. The highest BCUT2D eigenvalue weighted by Gasteiger charge is 2.22. The summed E-state index contributed by atoms with van der Waals surface area (Å²) in [7, 11) is 11.2. The third-order valence-electron chi connectivity index (χ3n) is 13.4. The molecule has 0 bridgehead atoms. The summed E-state index contributed by atoms with van der Waals surface area (Å²) in [5, 5.41) is 2.34. The minimum atomic E-state index is 0.572. The maximum atomic E-state index is 5.46. The molecule has 0 atom stereocenters. The van der Waals surface area contributed by atoms with Gasteiger partial charge in [-0.15, -0.1) is 16.4 Å². The molecule has 11 aromatic rings. The number of hydrogen-bond acceptors (Lipinski definition) is 4. The first kappa shape index (κ1) is 40.8. The van der Waals surface area contributed by atoms with Crippen molar-refractivity contribution >= 4 is 88.4 Å². The maximum Gasteiger partial charge on any atom is 0.166 e. The van der Waals surface area contributed by atoms with Gasteiger partial charge in [0.1, 0.15) is 39.2 Å². The van der Waals surface area contributed by atoms with E-state index < -0.39 is 0 Å². The molecule has 11 rings (SSSR count). The first-order valence-electron chi connectivity index (χ1n) is 22.6. The minimum Gasteiger partial charge on any atom is -0.309 e. The van der Waals surface area contributed by atoms with E-state index in [1.807, 2.05) is 36.4 Å². The first-order valence-corrected chi connectivity index (χ1v) is 22.6. The summed E-state index contributed by atoms with van der Waals surface area (Å²) in [4.78, 5) is 21.2. The SMILES string of the molecule is Bc1c(B)c(B)c(-c2cc(-c3ccccc3)nc(-c3ccc(-n4c5ccccc5c5cc(-c6ccccc6)ccc54)c(-c4nc(-c5ccccc5)nc(-c5ccccc5)n4)c3)c2)c(B)c1B. The van der Waals surface area contributed by atoms with Crippen molar-refractivity contribution in [3.05, 3.63) is 194 Å². The number of benzene rings is 8. The van der Waals surface area contributed by atoms with E-state index >= 15 is 0 Å². The van der Waals surface area contributed by atoms with Crippen molar-refractivity contribution < 1.29 is 0 Å². The maximum absolute atomic E-state index is 5.46. The largest absolute Gasteiger partial charge is 0.309 e. The Hall–Kier alpha value is -7.96. The van der Waals surface area contributed by atoms with Crippen LogP contribution in [0.4, 0.5) is 0 Å². The number of para-hydroxylation sites is 1. The van der Waals surface area contributed by atoms with Crippen LogP contribution in [0, 0.1) is 0 Å². The monoisotopic (exact) mass is 839 g/mol. The molecule has 306 valence electrons. The fourth-order valence-electron chi connectivity index (χ4n) is 9.55. The zero-order chi connectivity index (χ0) is 44.9. The van der Waals surface area contributed by atoms with Crippen LogP contribution in [0.1, 0.15) is 0 Å². The van der Waals surface area contributed by atoms with E-state index in [1.165, 1.54) is 54.8 Å². The Labute approximate surface area is 389 Å². The molecular formula is C56H42B5N5. The number of nitrogens with zero attached hydrogens (tertiary/aromatic N) is 5. The van der Waals surface area contributed by atoms with Gasteiger partial charge in [0, 0.05) is 38.6 Å². The van der Waals surface area contributed by atoms with E-state index in [4.69, 9.17) is 19.9 Å². The summed E-state index contributed by atoms with van der Waals surface area (Å²) in [5.41, 5.74) is 20.9. The average molecular weight is 839 g/mol. The average Bonchev–Trinajstić information content (AvgIpc) is 3.71. The lowest BCUT2D eigenvalue weighted by atomic mass is 9.59. The molecule has 5 nitrogen and oxygen atoms in total. The third kappa shape index (κ3) is 7.25. The Kier molecular flexibility index (Phi) is 10.4. The molecular weight excluding hydrogens is 797 g/mol. The van der Waals surface area contributed by atoms with Crippen molar-refractivity contribution in [1.82, 2.24) is 24.5 Å². The van der Waals surface area contributed by atoms with Gasteiger partial charge in [-0.2, -0.15) is 0 Å². The molecule has 0 saturated heterocycles. The van der Waals surface area contributed by atoms with Crippen LogP contribution in [0.3, 0.4) is 0 Å². The summed E-state index contributed by atoms with van der Waals surface area (Å²) < 4.78 is 2.37. The lowest BCUT2D eigenvalue weighted by Crippen LogP contribution is -2.55. The second kappa shape index (κ2) is 16.9.